The second-order valence-corrected chi connectivity index (χ2v) is 5.67. The zero-order chi connectivity index (χ0) is 10.9. The molecule has 0 spiro atoms. The van der Waals surface area contributed by atoms with Crippen molar-refractivity contribution in [3.63, 3.8) is 0 Å². The molecule has 2 saturated carbocycles. The number of nitrogens with one attached hydrogen (secondary N) is 1. The molecular formula is C12H23ClN2O. The highest BCUT2D eigenvalue weighted by atomic mass is 35.5. The normalized spacial score (nSPS) is 25.4. The first kappa shape index (κ1) is 13.8. The maximum atomic E-state index is 11.7. The van der Waals surface area contributed by atoms with Crippen molar-refractivity contribution in [3.8, 4) is 0 Å². The molecular weight excluding hydrogens is 224 g/mol. The molecule has 0 aliphatic heterocycles. The molecule has 2 aliphatic carbocycles. The average Bonchev–Trinajstić information content (AvgIpc) is 2.96. The van der Waals surface area contributed by atoms with Gasteiger partial charge >= 0.3 is 0 Å². The summed E-state index contributed by atoms with van der Waals surface area (Å²) in [7, 11) is 0. The molecule has 0 atom stereocenters. The number of nitrogens with two attached hydrogens (primary N) is 1. The Bertz CT molecular complexity index is 258. The van der Waals surface area contributed by atoms with Gasteiger partial charge in [0.25, 0.3) is 0 Å². The van der Waals surface area contributed by atoms with Gasteiger partial charge in [-0.15, -0.1) is 12.4 Å². The second kappa shape index (κ2) is 4.92. The number of halogens is 1. The molecule has 0 aromatic heterocycles. The van der Waals surface area contributed by atoms with Gasteiger partial charge in [-0.25, -0.2) is 0 Å². The van der Waals surface area contributed by atoms with Gasteiger partial charge in [0.15, 0.2) is 0 Å². The number of rotatable bonds is 3. The van der Waals surface area contributed by atoms with Gasteiger partial charge in [-0.05, 0) is 25.7 Å². The summed E-state index contributed by atoms with van der Waals surface area (Å²) in [5.41, 5.74) is 6.07. The summed E-state index contributed by atoms with van der Waals surface area (Å²) in [5, 5.41) is 3.03. The molecule has 0 aromatic carbocycles. The van der Waals surface area contributed by atoms with E-state index in [1.807, 2.05) is 6.92 Å². The Hall–Kier alpha value is -0.280. The summed E-state index contributed by atoms with van der Waals surface area (Å²) in [6, 6.07) is 0. The summed E-state index contributed by atoms with van der Waals surface area (Å²) in [6.45, 7) is 2.70. The van der Waals surface area contributed by atoms with Gasteiger partial charge in [0.05, 0.1) is 0 Å². The Balaban J connectivity index is 0.00000128. The predicted octanol–water partition coefficient (Wildman–Crippen LogP) is 1.99. The Morgan fingerprint density at radius 3 is 2.25 bits per heavy atom. The molecule has 3 nitrogen and oxygen atoms in total. The third-order valence-electron chi connectivity index (χ3n) is 4.00. The van der Waals surface area contributed by atoms with Gasteiger partial charge in [0.2, 0.25) is 5.91 Å². The predicted molar refractivity (Wildman–Crippen MR) is 67.6 cm³/mol. The van der Waals surface area contributed by atoms with E-state index in [0.29, 0.717) is 6.54 Å². The minimum Gasteiger partial charge on any atom is -0.354 e. The quantitative estimate of drug-likeness (QED) is 0.800. The molecule has 1 amide bonds. The van der Waals surface area contributed by atoms with Gasteiger partial charge in [-0.1, -0.05) is 26.2 Å². The number of hydrogen-bond donors (Lipinski definition) is 2. The summed E-state index contributed by atoms with van der Waals surface area (Å²) < 4.78 is 0. The van der Waals surface area contributed by atoms with E-state index >= 15 is 0 Å². The van der Waals surface area contributed by atoms with E-state index in [1.165, 1.54) is 19.3 Å². The maximum Gasteiger partial charge on any atom is 0.226 e. The topological polar surface area (TPSA) is 55.1 Å². The average molecular weight is 247 g/mol. The van der Waals surface area contributed by atoms with Gasteiger partial charge < -0.3 is 11.1 Å². The van der Waals surface area contributed by atoms with Crippen LogP contribution in [-0.4, -0.2) is 18.0 Å². The molecule has 0 aromatic rings. The molecule has 0 radical (unpaired) electrons. The lowest BCUT2D eigenvalue weighted by atomic mass is 9.82. The van der Waals surface area contributed by atoms with E-state index in [9.17, 15) is 4.79 Å². The first-order valence-electron chi connectivity index (χ1n) is 6.11. The van der Waals surface area contributed by atoms with Crippen LogP contribution in [0.3, 0.4) is 0 Å². The smallest absolute Gasteiger partial charge is 0.226 e. The first-order valence-corrected chi connectivity index (χ1v) is 6.11. The zero-order valence-corrected chi connectivity index (χ0v) is 10.9. The third-order valence-corrected chi connectivity index (χ3v) is 4.00. The number of carbonyl (C=O) groups is 1. The summed E-state index contributed by atoms with van der Waals surface area (Å²) in [5.74, 6) is 0.206. The zero-order valence-electron chi connectivity index (χ0n) is 10.1. The van der Waals surface area contributed by atoms with Crippen molar-refractivity contribution in [1.29, 1.82) is 0 Å². The van der Waals surface area contributed by atoms with Crippen LogP contribution in [0.1, 0.15) is 51.9 Å². The molecule has 3 N–H and O–H groups in total. The lowest BCUT2D eigenvalue weighted by Gasteiger charge is -2.33. The highest BCUT2D eigenvalue weighted by Crippen LogP contribution is 2.45. The van der Waals surface area contributed by atoms with Crippen LogP contribution in [-0.2, 0) is 4.79 Å². The monoisotopic (exact) mass is 246 g/mol. The molecule has 0 bridgehead atoms. The second-order valence-electron chi connectivity index (χ2n) is 5.67. The van der Waals surface area contributed by atoms with Crippen LogP contribution in [0, 0.1) is 5.41 Å². The van der Waals surface area contributed by atoms with E-state index < -0.39 is 0 Å². The first-order chi connectivity index (χ1) is 7.04. The van der Waals surface area contributed by atoms with Gasteiger partial charge in [0.1, 0.15) is 0 Å². The highest BCUT2D eigenvalue weighted by Gasteiger charge is 2.45. The van der Waals surface area contributed by atoms with Crippen molar-refractivity contribution in [2.45, 2.75) is 57.4 Å². The fourth-order valence-corrected chi connectivity index (χ4v) is 2.32. The Morgan fingerprint density at radius 2 is 1.75 bits per heavy atom. The lowest BCUT2D eigenvalue weighted by molar-refractivity contribution is -0.126. The summed E-state index contributed by atoms with van der Waals surface area (Å²) >= 11 is 0. The van der Waals surface area contributed by atoms with Gasteiger partial charge in [0, 0.05) is 17.5 Å². The maximum absolute atomic E-state index is 11.7. The van der Waals surface area contributed by atoms with Crippen molar-refractivity contribution in [2.24, 2.45) is 11.1 Å². The lowest BCUT2D eigenvalue weighted by Crippen LogP contribution is -2.52. The van der Waals surface area contributed by atoms with Crippen LogP contribution in [0.25, 0.3) is 0 Å². The number of carbonyl (C=O) groups excluding carboxylic acids is 1. The van der Waals surface area contributed by atoms with Crippen LogP contribution in [0.5, 0.6) is 0 Å². The molecule has 16 heavy (non-hydrogen) atoms. The van der Waals surface area contributed by atoms with Crippen molar-refractivity contribution in [3.05, 3.63) is 0 Å². The SMILES string of the molecule is CC1(C(=O)NCC2(N)CCCCC2)CC1.Cl. The standard InChI is InChI=1S/C12H22N2O.ClH/c1-11(7-8-11)10(15)14-9-12(13)5-3-2-4-6-12;/h2-9,13H2,1H3,(H,14,15);1H. The molecule has 0 saturated heterocycles. The number of hydrogen-bond acceptors (Lipinski definition) is 2. The molecule has 2 rings (SSSR count). The van der Waals surface area contributed by atoms with E-state index in [1.54, 1.807) is 0 Å². The van der Waals surface area contributed by atoms with Crippen LogP contribution in [0.15, 0.2) is 0 Å². The fourth-order valence-electron chi connectivity index (χ4n) is 2.32. The third kappa shape index (κ3) is 3.11. The van der Waals surface area contributed by atoms with E-state index in [2.05, 4.69) is 5.32 Å². The number of amides is 1. The fraction of sp³-hybridized carbons (Fsp3) is 0.917. The summed E-state index contributed by atoms with van der Waals surface area (Å²) in [4.78, 5) is 11.7. The molecule has 2 aliphatic rings. The van der Waals surface area contributed by atoms with Crippen LogP contribution in [0.4, 0.5) is 0 Å². The largest absolute Gasteiger partial charge is 0.354 e. The minimum atomic E-state index is -0.126. The molecule has 2 fully saturated rings. The van der Waals surface area contributed by atoms with E-state index in [4.69, 9.17) is 5.73 Å². The van der Waals surface area contributed by atoms with E-state index in [0.717, 1.165) is 25.7 Å². The van der Waals surface area contributed by atoms with Crippen molar-refractivity contribution < 1.29 is 4.79 Å². The Morgan fingerprint density at radius 1 is 1.19 bits per heavy atom. The van der Waals surface area contributed by atoms with Crippen molar-refractivity contribution in [2.75, 3.05) is 6.54 Å². The van der Waals surface area contributed by atoms with Crippen LogP contribution < -0.4 is 11.1 Å². The van der Waals surface area contributed by atoms with Crippen LogP contribution in [0.2, 0.25) is 0 Å². The molecule has 0 unspecified atom stereocenters. The van der Waals surface area contributed by atoms with Gasteiger partial charge in [-0.2, -0.15) is 0 Å². The van der Waals surface area contributed by atoms with Crippen molar-refractivity contribution in [1.82, 2.24) is 5.32 Å². The molecule has 4 heteroatoms. The Labute approximate surface area is 104 Å². The van der Waals surface area contributed by atoms with Crippen molar-refractivity contribution >= 4 is 18.3 Å². The molecule has 94 valence electrons. The van der Waals surface area contributed by atoms with Crippen LogP contribution >= 0.6 is 12.4 Å². The summed E-state index contributed by atoms with van der Waals surface area (Å²) in [6.07, 6.45) is 7.92. The van der Waals surface area contributed by atoms with E-state index in [-0.39, 0.29) is 29.3 Å². The molecule has 0 heterocycles. The van der Waals surface area contributed by atoms with Gasteiger partial charge in [-0.3, -0.25) is 4.79 Å². The highest BCUT2D eigenvalue weighted by molar-refractivity contribution is 5.85. The Kier molecular flexibility index (Phi) is 4.24. The minimum absolute atomic E-state index is 0.